The van der Waals surface area contributed by atoms with Crippen molar-refractivity contribution in [3.8, 4) is 0 Å². The molecule has 0 amide bonds. The number of anilines is 1. The number of rotatable bonds is 7. The summed E-state index contributed by atoms with van der Waals surface area (Å²) in [6.07, 6.45) is -3.35. The third kappa shape index (κ3) is 4.39. The Bertz CT molecular complexity index is 949. The Morgan fingerprint density at radius 1 is 1.29 bits per heavy atom. The molecule has 1 aliphatic heterocycles. The minimum atomic E-state index is -4.85. The molecule has 0 bridgehead atoms. The van der Waals surface area contributed by atoms with E-state index in [1.165, 1.54) is 10.9 Å². The highest BCUT2D eigenvalue weighted by Crippen LogP contribution is 2.49. The zero-order chi connectivity index (χ0) is 20.7. The van der Waals surface area contributed by atoms with Crippen LogP contribution in [-0.4, -0.2) is 71.3 Å². The molecule has 28 heavy (non-hydrogen) atoms. The van der Waals surface area contributed by atoms with E-state index in [0.29, 0.717) is 0 Å². The van der Waals surface area contributed by atoms with Gasteiger partial charge < -0.3 is 30.3 Å². The molecular weight excluding hydrogens is 424 g/mol. The quantitative estimate of drug-likeness (QED) is 0.322. The number of imidazole rings is 1. The molecule has 2 unspecified atom stereocenters. The van der Waals surface area contributed by atoms with Crippen LogP contribution in [0.15, 0.2) is 12.7 Å². The van der Waals surface area contributed by atoms with Crippen molar-refractivity contribution in [2.24, 2.45) is 0 Å². The van der Waals surface area contributed by atoms with Gasteiger partial charge in [0.05, 0.1) is 12.9 Å². The van der Waals surface area contributed by atoms with Gasteiger partial charge in [-0.1, -0.05) is 0 Å². The first-order valence-electron chi connectivity index (χ1n) is 7.56. The molecule has 1 saturated heterocycles. The summed E-state index contributed by atoms with van der Waals surface area (Å²) >= 11 is 0. The van der Waals surface area contributed by atoms with Gasteiger partial charge in [-0.05, 0) is 0 Å². The second-order valence-electron chi connectivity index (χ2n) is 5.65. The summed E-state index contributed by atoms with van der Waals surface area (Å²) in [5.41, 5.74) is 6.09. The van der Waals surface area contributed by atoms with Crippen molar-refractivity contribution < 1.29 is 47.2 Å². The summed E-state index contributed by atoms with van der Waals surface area (Å²) in [6, 6.07) is 0. The summed E-state index contributed by atoms with van der Waals surface area (Å²) in [5, 5.41) is 10.4. The molecule has 0 spiro atoms. The molecule has 6 N–H and O–H groups in total. The van der Waals surface area contributed by atoms with Crippen LogP contribution in [0.1, 0.15) is 6.23 Å². The van der Waals surface area contributed by atoms with E-state index in [-0.39, 0.29) is 17.0 Å². The normalized spacial score (nSPS) is 27.9. The second kappa shape index (κ2) is 7.72. The van der Waals surface area contributed by atoms with E-state index in [9.17, 15) is 19.1 Å². The number of aromatic nitrogens is 4. The summed E-state index contributed by atoms with van der Waals surface area (Å²) in [7, 11) is -8.50. The first-order valence-corrected chi connectivity index (χ1v) is 10.6. The van der Waals surface area contributed by atoms with Crippen LogP contribution >= 0.6 is 15.6 Å². The average Bonchev–Trinajstić information content (AvgIpc) is 3.16. The molecule has 15 nitrogen and oxygen atoms in total. The molecule has 0 radical (unpaired) electrons. The minimum absolute atomic E-state index is 0.0610. The maximum absolute atomic E-state index is 11.9. The van der Waals surface area contributed by atoms with Crippen LogP contribution in [0.4, 0.5) is 5.82 Å². The van der Waals surface area contributed by atoms with Gasteiger partial charge in [0.2, 0.25) is 0 Å². The number of phosphoric acid groups is 2. The van der Waals surface area contributed by atoms with E-state index < -0.39 is 46.8 Å². The fourth-order valence-electron chi connectivity index (χ4n) is 2.62. The molecule has 0 aromatic carbocycles. The van der Waals surface area contributed by atoms with Crippen LogP contribution < -0.4 is 5.73 Å². The van der Waals surface area contributed by atoms with Crippen molar-refractivity contribution >= 4 is 32.6 Å². The van der Waals surface area contributed by atoms with E-state index >= 15 is 0 Å². The van der Waals surface area contributed by atoms with Crippen molar-refractivity contribution in [1.29, 1.82) is 0 Å². The lowest BCUT2D eigenvalue weighted by Gasteiger charge is -2.23. The van der Waals surface area contributed by atoms with Gasteiger partial charge in [0.1, 0.15) is 30.2 Å². The van der Waals surface area contributed by atoms with Gasteiger partial charge in [0.15, 0.2) is 17.7 Å². The maximum Gasteiger partial charge on any atom is 0.472 e. The number of nitrogen functional groups attached to an aromatic ring is 1. The lowest BCUT2D eigenvalue weighted by molar-refractivity contribution is -0.0502. The first kappa shape index (κ1) is 21.2. The SMILES string of the molecule is COP(=O)(O)OC1[C@@H](O)[C@@H](COP(=O)(O)O)O[C@H]1n1cnc2c(N)ncnc21. The average molecular weight is 441 g/mol. The number of fused-ring (bicyclic) bond motifs is 1. The highest BCUT2D eigenvalue weighted by atomic mass is 31.2. The Morgan fingerprint density at radius 2 is 2.00 bits per heavy atom. The fraction of sp³-hybridized carbons (Fsp3) is 0.545. The summed E-state index contributed by atoms with van der Waals surface area (Å²) < 4.78 is 43.3. The maximum atomic E-state index is 11.9. The lowest BCUT2D eigenvalue weighted by Crippen LogP contribution is -2.35. The smallest absolute Gasteiger partial charge is 0.387 e. The topological polar surface area (TPSA) is 222 Å². The molecule has 3 rings (SSSR count). The van der Waals surface area contributed by atoms with E-state index in [1.54, 1.807) is 0 Å². The third-order valence-corrected chi connectivity index (χ3v) is 5.32. The van der Waals surface area contributed by atoms with Gasteiger partial charge in [0.25, 0.3) is 0 Å². The number of aliphatic hydroxyl groups is 1. The van der Waals surface area contributed by atoms with Crippen molar-refractivity contribution in [3.63, 3.8) is 0 Å². The molecule has 2 aromatic rings. The third-order valence-electron chi connectivity index (χ3n) is 3.87. The van der Waals surface area contributed by atoms with Crippen LogP contribution in [0.5, 0.6) is 0 Å². The number of nitrogens with two attached hydrogens (primary N) is 1. The van der Waals surface area contributed by atoms with Crippen molar-refractivity contribution in [3.05, 3.63) is 12.7 Å². The number of hydrogen-bond donors (Lipinski definition) is 5. The molecule has 0 aliphatic carbocycles. The van der Waals surface area contributed by atoms with Crippen molar-refractivity contribution in [1.82, 2.24) is 19.5 Å². The summed E-state index contributed by atoms with van der Waals surface area (Å²) in [4.78, 5) is 39.1. The Hall–Kier alpha value is -1.51. The van der Waals surface area contributed by atoms with Crippen LogP contribution in [0.25, 0.3) is 11.2 Å². The van der Waals surface area contributed by atoms with Gasteiger partial charge in [-0.15, -0.1) is 0 Å². The van der Waals surface area contributed by atoms with Crippen molar-refractivity contribution in [2.75, 3.05) is 19.5 Å². The lowest BCUT2D eigenvalue weighted by atomic mass is 10.1. The van der Waals surface area contributed by atoms with Gasteiger partial charge in [-0.25, -0.2) is 24.1 Å². The van der Waals surface area contributed by atoms with Crippen LogP contribution in [0.3, 0.4) is 0 Å². The molecule has 156 valence electrons. The van der Waals surface area contributed by atoms with E-state index in [2.05, 4.69) is 24.0 Å². The molecule has 3 heterocycles. The second-order valence-corrected chi connectivity index (χ2v) is 8.40. The van der Waals surface area contributed by atoms with Gasteiger partial charge >= 0.3 is 15.6 Å². The minimum Gasteiger partial charge on any atom is -0.387 e. The molecule has 5 atom stereocenters. The highest BCUT2D eigenvalue weighted by molar-refractivity contribution is 7.47. The Labute approximate surface area is 156 Å². The zero-order valence-corrected chi connectivity index (χ0v) is 16.0. The predicted molar refractivity (Wildman–Crippen MR) is 89.4 cm³/mol. The monoisotopic (exact) mass is 441 g/mol. The van der Waals surface area contributed by atoms with Crippen molar-refractivity contribution in [2.45, 2.75) is 24.5 Å². The number of phosphoric ester groups is 2. The number of aliphatic hydroxyl groups excluding tert-OH is 1. The Morgan fingerprint density at radius 3 is 2.64 bits per heavy atom. The van der Waals surface area contributed by atoms with E-state index in [1.807, 2.05) is 0 Å². The number of hydrogen-bond acceptors (Lipinski definition) is 11. The van der Waals surface area contributed by atoms with Gasteiger partial charge in [-0.3, -0.25) is 18.1 Å². The fourth-order valence-corrected chi connectivity index (χ4v) is 3.58. The molecule has 0 saturated carbocycles. The van der Waals surface area contributed by atoms with E-state index in [0.717, 1.165) is 13.4 Å². The molecule has 17 heteroatoms. The predicted octanol–water partition coefficient (Wildman–Crippen LogP) is -1.09. The van der Waals surface area contributed by atoms with E-state index in [4.69, 9.17) is 24.8 Å². The van der Waals surface area contributed by atoms with Gasteiger partial charge in [-0.2, -0.15) is 0 Å². The zero-order valence-electron chi connectivity index (χ0n) is 14.2. The Kier molecular flexibility index (Phi) is 5.85. The van der Waals surface area contributed by atoms with Gasteiger partial charge in [0, 0.05) is 7.11 Å². The summed E-state index contributed by atoms with van der Waals surface area (Å²) in [6.45, 7) is -0.728. The van der Waals surface area contributed by atoms with Crippen LogP contribution in [0.2, 0.25) is 0 Å². The van der Waals surface area contributed by atoms with Crippen LogP contribution in [0, 0.1) is 0 Å². The molecule has 1 fully saturated rings. The first-order chi connectivity index (χ1) is 13.0. The summed E-state index contributed by atoms with van der Waals surface area (Å²) in [5.74, 6) is 0.0610. The number of nitrogens with zero attached hydrogens (tertiary/aromatic N) is 4. The van der Waals surface area contributed by atoms with Crippen LogP contribution in [-0.2, 0) is 27.4 Å². The highest BCUT2D eigenvalue weighted by Gasteiger charge is 2.49. The number of ether oxygens (including phenoxy) is 1. The molecule has 2 aromatic heterocycles. The Balaban J connectivity index is 1.96. The largest absolute Gasteiger partial charge is 0.472 e. The molecule has 1 aliphatic rings. The standard InChI is InChI=1S/C11H17N5O10P2/c1-23-28(21,22)26-8-7(17)5(2-24-27(18,19)20)25-11(8)16-4-15-6-9(12)13-3-14-10(6)16/h3-5,7-8,11,17H,2H2,1H3,(H,21,22)(H2,12,13,14)(H2,18,19,20)/t5-,7+,8?,11-/m1/s1. The molecular formula is C11H17N5O10P2.